The maximum Gasteiger partial charge on any atom is 0.282 e. The molecular formula is C22H17N3O3S. The predicted octanol–water partition coefficient (Wildman–Crippen LogP) is 4.45. The van der Waals surface area contributed by atoms with E-state index in [-0.39, 0.29) is 0 Å². The zero-order valence-electron chi connectivity index (χ0n) is 15.5. The topological polar surface area (TPSA) is 84.2 Å². The molecule has 2 amide bonds. The first-order chi connectivity index (χ1) is 14.1. The van der Waals surface area contributed by atoms with Gasteiger partial charge in [-0.3, -0.25) is 20.4 Å². The zero-order chi connectivity index (χ0) is 20.2. The summed E-state index contributed by atoms with van der Waals surface area (Å²) in [6, 6.07) is 20.7. The molecule has 0 aliphatic rings. The van der Waals surface area contributed by atoms with Crippen LogP contribution < -0.4 is 10.9 Å². The molecule has 0 radical (unpaired) electrons. The Morgan fingerprint density at radius 3 is 2.10 bits per heavy atom. The predicted molar refractivity (Wildman–Crippen MR) is 111 cm³/mol. The van der Waals surface area contributed by atoms with Gasteiger partial charge in [-0.05, 0) is 13.0 Å². The van der Waals surface area contributed by atoms with Crippen LogP contribution in [0.3, 0.4) is 0 Å². The fourth-order valence-corrected chi connectivity index (χ4v) is 3.82. The minimum Gasteiger partial charge on any atom is -0.469 e. The fourth-order valence-electron chi connectivity index (χ4n) is 2.83. The quantitative estimate of drug-likeness (QED) is 0.493. The molecule has 0 atom stereocenters. The number of furan rings is 1. The van der Waals surface area contributed by atoms with Gasteiger partial charge >= 0.3 is 0 Å². The number of carbonyl (C=O) groups is 2. The van der Waals surface area contributed by atoms with Gasteiger partial charge in [-0.2, -0.15) is 0 Å². The number of hydrogen-bond donors (Lipinski definition) is 2. The molecule has 0 unspecified atom stereocenters. The second-order valence-corrected chi connectivity index (χ2v) is 7.23. The van der Waals surface area contributed by atoms with Gasteiger partial charge in [0.2, 0.25) is 0 Å². The molecule has 0 aliphatic heterocycles. The molecule has 4 rings (SSSR count). The molecule has 0 fully saturated rings. The summed E-state index contributed by atoms with van der Waals surface area (Å²) in [6.45, 7) is 1.68. The molecule has 2 aromatic carbocycles. The number of nitrogens with zero attached hydrogens (tertiary/aromatic N) is 1. The number of carbonyl (C=O) groups excluding carboxylic acids is 2. The van der Waals surface area contributed by atoms with Crippen molar-refractivity contribution in [3.63, 3.8) is 0 Å². The van der Waals surface area contributed by atoms with E-state index >= 15 is 0 Å². The Bertz CT molecular complexity index is 1150. The molecule has 0 saturated carbocycles. The number of thiazole rings is 1. The molecule has 0 aliphatic carbocycles. The van der Waals surface area contributed by atoms with Crippen LogP contribution in [0.2, 0.25) is 0 Å². The lowest BCUT2D eigenvalue weighted by Crippen LogP contribution is -2.41. The Balaban J connectivity index is 1.63. The molecule has 4 aromatic rings. The molecule has 29 heavy (non-hydrogen) atoms. The Morgan fingerprint density at radius 2 is 1.48 bits per heavy atom. The van der Waals surface area contributed by atoms with E-state index in [0.29, 0.717) is 21.9 Å². The van der Waals surface area contributed by atoms with E-state index in [1.54, 1.807) is 13.0 Å². The smallest absolute Gasteiger partial charge is 0.282 e. The van der Waals surface area contributed by atoms with Crippen molar-refractivity contribution in [2.45, 2.75) is 6.92 Å². The first kappa shape index (κ1) is 18.6. The lowest BCUT2D eigenvalue weighted by atomic mass is 10.1. The van der Waals surface area contributed by atoms with Crippen molar-refractivity contribution in [2.75, 3.05) is 0 Å². The number of amides is 2. The zero-order valence-corrected chi connectivity index (χ0v) is 16.3. The summed E-state index contributed by atoms with van der Waals surface area (Å²) in [7, 11) is 0. The molecule has 0 bridgehead atoms. The number of nitrogens with one attached hydrogen (secondary N) is 2. The summed E-state index contributed by atoms with van der Waals surface area (Å²) < 4.78 is 5.12. The van der Waals surface area contributed by atoms with Crippen molar-refractivity contribution in [3.05, 3.63) is 89.2 Å². The van der Waals surface area contributed by atoms with Gasteiger partial charge in [0.1, 0.15) is 15.6 Å². The Kier molecular flexibility index (Phi) is 5.22. The number of hydrazine groups is 1. The van der Waals surface area contributed by atoms with E-state index < -0.39 is 11.8 Å². The highest BCUT2D eigenvalue weighted by molar-refractivity contribution is 7.17. The Hall–Kier alpha value is -3.71. The van der Waals surface area contributed by atoms with E-state index in [2.05, 4.69) is 10.9 Å². The highest BCUT2D eigenvalue weighted by atomic mass is 32.1. The van der Waals surface area contributed by atoms with Crippen LogP contribution in [-0.2, 0) is 0 Å². The first-order valence-electron chi connectivity index (χ1n) is 8.90. The van der Waals surface area contributed by atoms with Crippen LogP contribution in [0.15, 0.2) is 77.4 Å². The lowest BCUT2D eigenvalue weighted by molar-refractivity contribution is 0.0848. The van der Waals surface area contributed by atoms with Gasteiger partial charge in [0.05, 0.1) is 17.5 Å². The minimum absolute atomic E-state index is 0.364. The molecule has 7 heteroatoms. The first-order valence-corrected chi connectivity index (χ1v) is 9.71. The summed E-state index contributed by atoms with van der Waals surface area (Å²) in [5.41, 5.74) is 7.60. The van der Waals surface area contributed by atoms with Gasteiger partial charge in [0.15, 0.2) is 0 Å². The summed E-state index contributed by atoms with van der Waals surface area (Å²) in [6.07, 6.45) is 1.43. The van der Waals surface area contributed by atoms with Crippen molar-refractivity contribution < 1.29 is 14.0 Å². The fraction of sp³-hybridized carbons (Fsp3) is 0.0455. The van der Waals surface area contributed by atoms with E-state index in [1.165, 1.54) is 17.6 Å². The van der Waals surface area contributed by atoms with E-state index in [4.69, 9.17) is 9.40 Å². The monoisotopic (exact) mass is 403 g/mol. The van der Waals surface area contributed by atoms with Crippen LogP contribution in [0.25, 0.3) is 21.8 Å². The van der Waals surface area contributed by atoms with Crippen molar-refractivity contribution in [3.8, 4) is 21.8 Å². The maximum atomic E-state index is 12.9. The van der Waals surface area contributed by atoms with Crippen LogP contribution in [0.1, 0.15) is 25.8 Å². The third-order valence-corrected chi connectivity index (χ3v) is 5.40. The van der Waals surface area contributed by atoms with Gasteiger partial charge in [-0.15, -0.1) is 11.3 Å². The average molecular weight is 403 g/mol. The third kappa shape index (κ3) is 3.95. The lowest BCUT2D eigenvalue weighted by Gasteiger charge is -2.07. The second-order valence-electron chi connectivity index (χ2n) is 6.23. The van der Waals surface area contributed by atoms with Crippen LogP contribution >= 0.6 is 11.3 Å². The van der Waals surface area contributed by atoms with Crippen LogP contribution in [0, 0.1) is 6.92 Å². The van der Waals surface area contributed by atoms with Gasteiger partial charge in [-0.1, -0.05) is 60.7 Å². The number of aromatic nitrogens is 1. The number of rotatable bonds is 4. The molecule has 0 saturated heterocycles. The van der Waals surface area contributed by atoms with Gasteiger partial charge in [0.25, 0.3) is 11.8 Å². The normalized spacial score (nSPS) is 10.5. The highest BCUT2D eigenvalue weighted by Gasteiger charge is 2.21. The van der Waals surface area contributed by atoms with Crippen molar-refractivity contribution >= 4 is 23.2 Å². The number of aryl methyl sites for hydroxylation is 1. The molecule has 6 nitrogen and oxygen atoms in total. The van der Waals surface area contributed by atoms with Crippen molar-refractivity contribution in [2.24, 2.45) is 0 Å². The van der Waals surface area contributed by atoms with Crippen molar-refractivity contribution in [1.82, 2.24) is 15.8 Å². The maximum absolute atomic E-state index is 12.9. The van der Waals surface area contributed by atoms with E-state index in [1.807, 2.05) is 60.7 Å². The Labute approximate surface area is 171 Å². The molecule has 2 N–H and O–H groups in total. The van der Waals surface area contributed by atoms with Crippen LogP contribution in [0.4, 0.5) is 0 Å². The number of benzene rings is 2. The van der Waals surface area contributed by atoms with Crippen molar-refractivity contribution in [1.29, 1.82) is 0 Å². The van der Waals surface area contributed by atoms with Crippen LogP contribution in [-0.4, -0.2) is 16.8 Å². The molecular weight excluding hydrogens is 386 g/mol. The highest BCUT2D eigenvalue weighted by Crippen LogP contribution is 2.33. The van der Waals surface area contributed by atoms with Gasteiger partial charge < -0.3 is 4.42 Å². The second kappa shape index (κ2) is 8.12. The molecule has 0 spiro atoms. The summed E-state index contributed by atoms with van der Waals surface area (Å²) in [5, 5.41) is 0.728. The molecule has 2 aromatic heterocycles. The molecule has 2 heterocycles. The summed E-state index contributed by atoms with van der Waals surface area (Å²) in [5.74, 6) is -0.400. The summed E-state index contributed by atoms with van der Waals surface area (Å²) in [4.78, 5) is 30.2. The third-order valence-electron chi connectivity index (χ3n) is 4.29. The van der Waals surface area contributed by atoms with Gasteiger partial charge in [-0.25, -0.2) is 4.98 Å². The van der Waals surface area contributed by atoms with E-state index in [0.717, 1.165) is 16.1 Å². The number of hydrogen-bond acceptors (Lipinski definition) is 5. The van der Waals surface area contributed by atoms with Gasteiger partial charge in [0, 0.05) is 11.1 Å². The summed E-state index contributed by atoms with van der Waals surface area (Å²) >= 11 is 1.27. The minimum atomic E-state index is -0.446. The molecule has 144 valence electrons. The largest absolute Gasteiger partial charge is 0.469 e. The van der Waals surface area contributed by atoms with E-state index in [9.17, 15) is 9.59 Å². The standard InChI is InChI=1S/C22H17N3O3S/c1-14-17(12-13-28-14)20(26)24-25-21(27)19-18(15-8-4-2-5-9-15)23-22(29-19)16-10-6-3-7-11-16/h2-13H,1H3,(H,24,26)(H,25,27). The SMILES string of the molecule is Cc1occc1C(=O)NNC(=O)c1sc(-c2ccccc2)nc1-c1ccccc1. The average Bonchev–Trinajstić information content (AvgIpc) is 3.40. The van der Waals surface area contributed by atoms with Crippen LogP contribution in [0.5, 0.6) is 0 Å². The Morgan fingerprint density at radius 1 is 0.862 bits per heavy atom.